The zero-order chi connectivity index (χ0) is 18.4. The highest BCUT2D eigenvalue weighted by Gasteiger charge is 2.13. The van der Waals surface area contributed by atoms with Crippen molar-refractivity contribution in [3.05, 3.63) is 78.9 Å². The number of hydrogen-bond donors (Lipinski definition) is 1. The molecule has 3 rings (SSSR count). The Labute approximate surface area is 152 Å². The van der Waals surface area contributed by atoms with E-state index in [1.165, 1.54) is 0 Å². The normalized spacial score (nSPS) is 10.2. The molecule has 0 atom stereocenters. The topological polar surface area (TPSA) is 64.8 Å². The lowest BCUT2D eigenvalue weighted by Crippen LogP contribution is -2.11. The van der Waals surface area contributed by atoms with Crippen LogP contribution in [0.3, 0.4) is 0 Å². The monoisotopic (exact) mass is 348 g/mol. The van der Waals surface area contributed by atoms with Gasteiger partial charge in [-0.25, -0.2) is 4.79 Å². The molecular weight excluding hydrogens is 328 g/mol. The van der Waals surface area contributed by atoms with E-state index in [4.69, 9.17) is 15.2 Å². The predicted molar refractivity (Wildman–Crippen MR) is 103 cm³/mol. The molecule has 26 heavy (non-hydrogen) atoms. The first-order chi connectivity index (χ1) is 12.7. The number of nitrogens with zero attached hydrogens (tertiary/aromatic N) is 1. The maximum Gasteiger partial charge on any atom is 0.513 e. The van der Waals surface area contributed by atoms with Crippen LogP contribution in [-0.2, 0) is 4.74 Å². The van der Waals surface area contributed by atoms with E-state index < -0.39 is 6.16 Å². The Hall–Kier alpha value is -3.47. The van der Waals surface area contributed by atoms with Crippen molar-refractivity contribution in [1.29, 1.82) is 0 Å². The molecule has 0 bridgehead atoms. The second kappa shape index (κ2) is 8.07. The molecule has 0 heterocycles. The molecule has 0 aliphatic carbocycles. The fourth-order valence-corrected chi connectivity index (χ4v) is 2.55. The summed E-state index contributed by atoms with van der Waals surface area (Å²) in [6, 6.07) is 24.9. The fraction of sp³-hybridized carbons (Fsp3) is 0.0952. The largest absolute Gasteiger partial charge is 0.513 e. The second-order valence-electron chi connectivity index (χ2n) is 5.54. The van der Waals surface area contributed by atoms with Crippen LogP contribution in [0.5, 0.6) is 5.75 Å². The van der Waals surface area contributed by atoms with Gasteiger partial charge in [0.15, 0.2) is 0 Å². The van der Waals surface area contributed by atoms with E-state index in [0.717, 1.165) is 17.1 Å². The average molecular weight is 348 g/mol. The third-order valence-corrected chi connectivity index (χ3v) is 3.72. The quantitative estimate of drug-likeness (QED) is 0.386. The van der Waals surface area contributed by atoms with E-state index in [2.05, 4.69) is 4.90 Å². The summed E-state index contributed by atoms with van der Waals surface area (Å²) in [5, 5.41) is 0. The highest BCUT2D eigenvalue weighted by atomic mass is 16.7. The Bertz CT molecular complexity index is 847. The number of nitrogen functional groups attached to an aromatic ring is 1. The Morgan fingerprint density at radius 1 is 0.846 bits per heavy atom. The van der Waals surface area contributed by atoms with Crippen molar-refractivity contribution in [2.75, 3.05) is 17.2 Å². The van der Waals surface area contributed by atoms with Crippen LogP contribution in [0.2, 0.25) is 0 Å². The number of anilines is 4. The van der Waals surface area contributed by atoms with Gasteiger partial charge in [0.1, 0.15) is 5.75 Å². The molecule has 2 N–H and O–H groups in total. The molecule has 0 aliphatic heterocycles. The summed E-state index contributed by atoms with van der Waals surface area (Å²) in [4.78, 5) is 13.5. The van der Waals surface area contributed by atoms with E-state index >= 15 is 0 Å². The van der Waals surface area contributed by atoms with E-state index in [-0.39, 0.29) is 6.61 Å². The standard InChI is InChI=1S/C21H20N2O3/c1-2-25-21(24)26-20-14-12-19(13-15-20)23(17-6-4-3-5-7-17)18-10-8-16(22)9-11-18/h3-15H,2,22H2,1H3. The summed E-state index contributed by atoms with van der Waals surface area (Å²) < 4.78 is 9.91. The molecule has 5 heteroatoms. The molecule has 0 fully saturated rings. The Morgan fingerprint density at radius 3 is 1.96 bits per heavy atom. The third kappa shape index (κ3) is 4.13. The number of rotatable bonds is 5. The smallest absolute Gasteiger partial charge is 0.434 e. The lowest BCUT2D eigenvalue weighted by Gasteiger charge is -2.25. The van der Waals surface area contributed by atoms with Gasteiger partial charge in [0.2, 0.25) is 0 Å². The molecule has 0 radical (unpaired) electrons. The van der Waals surface area contributed by atoms with Gasteiger partial charge in [-0.15, -0.1) is 0 Å². The Morgan fingerprint density at radius 2 is 1.38 bits per heavy atom. The maximum absolute atomic E-state index is 11.4. The van der Waals surface area contributed by atoms with Gasteiger partial charge < -0.3 is 20.1 Å². The van der Waals surface area contributed by atoms with Crippen LogP contribution in [-0.4, -0.2) is 12.8 Å². The molecule has 132 valence electrons. The maximum atomic E-state index is 11.4. The SMILES string of the molecule is CCOC(=O)Oc1ccc(N(c2ccccc2)c2ccc(N)cc2)cc1. The molecular formula is C21H20N2O3. The van der Waals surface area contributed by atoms with Gasteiger partial charge in [0, 0.05) is 22.7 Å². The highest BCUT2D eigenvalue weighted by molar-refractivity contribution is 5.77. The summed E-state index contributed by atoms with van der Waals surface area (Å²) in [5.74, 6) is 0.428. The first kappa shape index (κ1) is 17.4. The number of para-hydroxylation sites is 1. The van der Waals surface area contributed by atoms with Crippen LogP contribution >= 0.6 is 0 Å². The fourth-order valence-electron chi connectivity index (χ4n) is 2.55. The zero-order valence-corrected chi connectivity index (χ0v) is 14.5. The molecule has 0 amide bonds. The lowest BCUT2D eigenvalue weighted by molar-refractivity contribution is 0.104. The Kier molecular flexibility index (Phi) is 5.39. The van der Waals surface area contributed by atoms with Crippen LogP contribution in [0, 0.1) is 0 Å². The van der Waals surface area contributed by atoms with Gasteiger partial charge >= 0.3 is 6.16 Å². The average Bonchev–Trinajstić information content (AvgIpc) is 2.66. The van der Waals surface area contributed by atoms with E-state index in [1.54, 1.807) is 19.1 Å². The van der Waals surface area contributed by atoms with Crippen molar-refractivity contribution in [2.45, 2.75) is 6.92 Å². The van der Waals surface area contributed by atoms with Gasteiger partial charge in [0.05, 0.1) is 6.61 Å². The molecule has 0 unspecified atom stereocenters. The van der Waals surface area contributed by atoms with Crippen LogP contribution in [0.1, 0.15) is 6.92 Å². The lowest BCUT2D eigenvalue weighted by atomic mass is 10.2. The van der Waals surface area contributed by atoms with Crippen LogP contribution < -0.4 is 15.4 Å². The number of carbonyl (C=O) groups excluding carboxylic acids is 1. The first-order valence-corrected chi connectivity index (χ1v) is 8.33. The van der Waals surface area contributed by atoms with Gasteiger partial charge in [0.25, 0.3) is 0 Å². The molecule has 5 nitrogen and oxygen atoms in total. The molecule has 0 aliphatic rings. The molecule has 0 saturated carbocycles. The summed E-state index contributed by atoms with van der Waals surface area (Å²) in [5.41, 5.74) is 9.44. The van der Waals surface area contributed by atoms with Crippen molar-refractivity contribution in [3.63, 3.8) is 0 Å². The van der Waals surface area contributed by atoms with Crippen LogP contribution in [0.15, 0.2) is 78.9 Å². The van der Waals surface area contributed by atoms with E-state index in [0.29, 0.717) is 11.4 Å². The summed E-state index contributed by atoms with van der Waals surface area (Å²) in [7, 11) is 0. The van der Waals surface area contributed by atoms with E-state index in [9.17, 15) is 4.79 Å². The summed E-state index contributed by atoms with van der Waals surface area (Å²) >= 11 is 0. The van der Waals surface area contributed by atoms with Crippen LogP contribution in [0.25, 0.3) is 0 Å². The number of nitrogens with two attached hydrogens (primary N) is 1. The molecule has 0 saturated heterocycles. The van der Waals surface area contributed by atoms with Crippen molar-refractivity contribution >= 4 is 28.9 Å². The van der Waals surface area contributed by atoms with Gasteiger partial charge in [-0.2, -0.15) is 0 Å². The molecule has 0 spiro atoms. The summed E-state index contributed by atoms with van der Waals surface area (Å²) in [6.45, 7) is 2.00. The summed E-state index contributed by atoms with van der Waals surface area (Å²) in [6.07, 6.45) is -0.710. The van der Waals surface area contributed by atoms with E-state index in [1.807, 2.05) is 66.7 Å². The second-order valence-corrected chi connectivity index (χ2v) is 5.54. The number of benzene rings is 3. The minimum Gasteiger partial charge on any atom is -0.434 e. The number of hydrogen-bond acceptors (Lipinski definition) is 5. The van der Waals surface area contributed by atoms with Crippen LogP contribution in [0.4, 0.5) is 27.5 Å². The minimum atomic E-state index is -0.710. The van der Waals surface area contributed by atoms with Gasteiger partial charge in [-0.05, 0) is 67.6 Å². The first-order valence-electron chi connectivity index (χ1n) is 8.33. The van der Waals surface area contributed by atoms with Gasteiger partial charge in [-0.3, -0.25) is 0 Å². The predicted octanol–water partition coefficient (Wildman–Crippen LogP) is 5.27. The zero-order valence-electron chi connectivity index (χ0n) is 14.5. The van der Waals surface area contributed by atoms with Crippen molar-refractivity contribution < 1.29 is 14.3 Å². The minimum absolute atomic E-state index is 0.274. The Balaban J connectivity index is 1.92. The number of carbonyl (C=O) groups is 1. The molecule has 0 aromatic heterocycles. The van der Waals surface area contributed by atoms with Crippen molar-refractivity contribution in [3.8, 4) is 5.75 Å². The number of ether oxygens (including phenoxy) is 2. The highest BCUT2D eigenvalue weighted by Crippen LogP contribution is 2.35. The molecule has 3 aromatic carbocycles. The van der Waals surface area contributed by atoms with Crippen molar-refractivity contribution in [2.24, 2.45) is 0 Å². The van der Waals surface area contributed by atoms with Gasteiger partial charge in [-0.1, -0.05) is 18.2 Å². The third-order valence-electron chi connectivity index (χ3n) is 3.72. The van der Waals surface area contributed by atoms with Crippen molar-refractivity contribution in [1.82, 2.24) is 0 Å². The molecule has 3 aromatic rings.